The predicted molar refractivity (Wildman–Crippen MR) is 138 cm³/mol. The quantitative estimate of drug-likeness (QED) is 0.214. The van der Waals surface area contributed by atoms with Crippen molar-refractivity contribution in [1.29, 1.82) is 0 Å². The summed E-state index contributed by atoms with van der Waals surface area (Å²) in [6, 6.07) is 12.5. The molecule has 1 fully saturated rings. The number of aryl methyl sites for hydroxylation is 2. The number of thiophene rings is 1. The molecule has 2 aromatic carbocycles. The van der Waals surface area contributed by atoms with Gasteiger partial charge in [-0.15, -0.1) is 11.3 Å². The van der Waals surface area contributed by atoms with Gasteiger partial charge in [0.25, 0.3) is 5.78 Å². The molecule has 0 unspecified atom stereocenters. The number of thiazole rings is 1. The fourth-order valence-corrected chi connectivity index (χ4v) is 6.92. The van der Waals surface area contributed by atoms with E-state index >= 15 is 0 Å². The zero-order valence-electron chi connectivity index (χ0n) is 19.4. The number of aliphatic hydroxyl groups is 1. The minimum atomic E-state index is -0.750. The molecule has 4 aromatic rings. The fourth-order valence-electron chi connectivity index (χ4n) is 4.93. The maximum absolute atomic E-state index is 13.4. The van der Waals surface area contributed by atoms with E-state index in [9.17, 15) is 14.7 Å². The Labute approximate surface area is 210 Å². The smallest absolute Gasteiger partial charge is 0.301 e. The van der Waals surface area contributed by atoms with Crippen LogP contribution in [0.3, 0.4) is 0 Å². The summed E-state index contributed by atoms with van der Waals surface area (Å²) in [4.78, 5) is 33.8. The number of carbonyl (C=O) groups is 2. The summed E-state index contributed by atoms with van der Waals surface area (Å²) in [6.07, 6.45) is 0.786. The fraction of sp³-hybridized carbons (Fsp3) is 0.222. The van der Waals surface area contributed by atoms with Crippen molar-refractivity contribution >= 4 is 55.5 Å². The van der Waals surface area contributed by atoms with Crippen LogP contribution in [0.4, 0.5) is 5.13 Å². The Bertz CT molecular complexity index is 1550. The second kappa shape index (κ2) is 8.03. The zero-order valence-corrected chi connectivity index (χ0v) is 21.0. The average Bonchev–Trinajstić information content (AvgIpc) is 3.59. The number of rotatable bonds is 3. The maximum atomic E-state index is 13.4. The summed E-state index contributed by atoms with van der Waals surface area (Å²) in [5, 5.41) is 13.7. The summed E-state index contributed by atoms with van der Waals surface area (Å²) in [5.74, 6) is -0.793. The second-order valence-corrected chi connectivity index (χ2v) is 11.1. The van der Waals surface area contributed by atoms with Crippen LogP contribution >= 0.6 is 22.7 Å². The third kappa shape index (κ3) is 3.47. The number of carbonyl (C=O) groups excluding carboxylic acids is 2. The summed E-state index contributed by atoms with van der Waals surface area (Å²) >= 11 is 2.82. The number of fused-ring (bicyclic) bond motifs is 2. The van der Waals surface area contributed by atoms with Crippen LogP contribution in [0.1, 0.15) is 40.1 Å². The first-order chi connectivity index (χ1) is 16.8. The van der Waals surface area contributed by atoms with Gasteiger partial charge in [-0.2, -0.15) is 0 Å². The Kier molecular flexibility index (Phi) is 5.05. The number of aromatic nitrogens is 1. The minimum absolute atomic E-state index is 0.0604. The first-order valence-electron chi connectivity index (χ1n) is 11.3. The number of benzene rings is 2. The largest absolute Gasteiger partial charge is 0.507 e. The molecule has 1 saturated heterocycles. The summed E-state index contributed by atoms with van der Waals surface area (Å²) in [6.45, 7) is 6.00. The van der Waals surface area contributed by atoms with Crippen molar-refractivity contribution in [2.45, 2.75) is 39.3 Å². The van der Waals surface area contributed by atoms with Crippen LogP contribution in [0.2, 0.25) is 0 Å². The highest BCUT2D eigenvalue weighted by atomic mass is 32.1. The molecule has 0 bridgehead atoms. The molecule has 0 aliphatic carbocycles. The lowest BCUT2D eigenvalue weighted by atomic mass is 9.98. The van der Waals surface area contributed by atoms with Gasteiger partial charge >= 0.3 is 5.91 Å². The van der Waals surface area contributed by atoms with E-state index in [0.29, 0.717) is 10.7 Å². The number of ketones is 1. The Morgan fingerprint density at radius 1 is 1.17 bits per heavy atom. The van der Waals surface area contributed by atoms with Crippen molar-refractivity contribution in [2.75, 3.05) is 4.90 Å². The van der Waals surface area contributed by atoms with Crippen LogP contribution < -0.4 is 9.64 Å². The van der Waals surface area contributed by atoms with Gasteiger partial charge in [0.1, 0.15) is 23.7 Å². The molecule has 176 valence electrons. The van der Waals surface area contributed by atoms with Gasteiger partial charge in [-0.1, -0.05) is 23.5 Å². The molecule has 6 rings (SSSR count). The molecule has 35 heavy (non-hydrogen) atoms. The van der Waals surface area contributed by atoms with E-state index in [1.165, 1.54) is 27.6 Å². The van der Waals surface area contributed by atoms with Crippen LogP contribution in [0.5, 0.6) is 5.75 Å². The highest BCUT2D eigenvalue weighted by Crippen LogP contribution is 2.46. The minimum Gasteiger partial charge on any atom is -0.507 e. The highest BCUT2D eigenvalue weighted by molar-refractivity contribution is 7.22. The summed E-state index contributed by atoms with van der Waals surface area (Å²) in [7, 11) is 0. The number of ether oxygens (including phenoxy) is 1. The Morgan fingerprint density at radius 3 is 2.77 bits per heavy atom. The predicted octanol–water partition coefficient (Wildman–Crippen LogP) is 5.92. The van der Waals surface area contributed by atoms with E-state index in [2.05, 4.69) is 6.07 Å². The van der Waals surface area contributed by atoms with Crippen LogP contribution in [0.25, 0.3) is 16.0 Å². The van der Waals surface area contributed by atoms with E-state index in [0.717, 1.165) is 44.0 Å². The molecule has 2 aromatic heterocycles. The Balaban J connectivity index is 1.52. The van der Waals surface area contributed by atoms with E-state index in [-0.39, 0.29) is 17.4 Å². The van der Waals surface area contributed by atoms with E-state index in [4.69, 9.17) is 9.72 Å². The van der Waals surface area contributed by atoms with Crippen molar-refractivity contribution in [1.82, 2.24) is 4.98 Å². The normalized spacial score (nSPS) is 21.1. The van der Waals surface area contributed by atoms with Crippen molar-refractivity contribution in [3.05, 3.63) is 80.5 Å². The molecule has 2 atom stereocenters. The average molecular weight is 503 g/mol. The summed E-state index contributed by atoms with van der Waals surface area (Å²) < 4.78 is 6.73. The molecule has 0 radical (unpaired) electrons. The third-order valence-corrected chi connectivity index (χ3v) is 8.38. The van der Waals surface area contributed by atoms with Crippen molar-refractivity contribution in [3.8, 4) is 5.75 Å². The van der Waals surface area contributed by atoms with Gasteiger partial charge in [0, 0.05) is 16.9 Å². The molecular formula is C27H22N2O4S2. The third-order valence-electron chi connectivity index (χ3n) is 6.45. The monoisotopic (exact) mass is 502 g/mol. The van der Waals surface area contributed by atoms with Gasteiger partial charge < -0.3 is 9.84 Å². The maximum Gasteiger partial charge on any atom is 0.301 e. The number of nitrogens with zero attached hydrogens (tertiary/aromatic N) is 2. The number of Topliss-reactive ketones (excluding diaryl/α,β-unsaturated/α-hetero) is 1. The molecular weight excluding hydrogens is 480 g/mol. The van der Waals surface area contributed by atoms with Crippen molar-refractivity contribution < 1.29 is 19.4 Å². The molecule has 2 aliphatic heterocycles. The van der Waals surface area contributed by atoms with Gasteiger partial charge in [-0.3, -0.25) is 14.5 Å². The lowest BCUT2D eigenvalue weighted by molar-refractivity contribution is -0.132. The topological polar surface area (TPSA) is 79.7 Å². The second-order valence-electron chi connectivity index (χ2n) is 9.06. The number of hydrogen-bond donors (Lipinski definition) is 1. The van der Waals surface area contributed by atoms with Crippen LogP contribution in [0, 0.1) is 13.8 Å². The molecule has 1 amide bonds. The van der Waals surface area contributed by atoms with E-state index in [1.807, 2.05) is 56.5 Å². The summed E-state index contributed by atoms with van der Waals surface area (Å²) in [5.41, 5.74) is 4.49. The van der Waals surface area contributed by atoms with Gasteiger partial charge in [-0.25, -0.2) is 4.98 Å². The van der Waals surface area contributed by atoms with Crippen LogP contribution in [0.15, 0.2) is 53.4 Å². The SMILES string of the molecule is Cc1cc(C)c2nc(N3C(=O)C(=O)/C(=C(/O)c4ccc5c(c4)C[C@H](C)O5)[C@@H]3c3cccs3)sc2c1. The molecule has 2 aliphatic rings. The number of hydrogen-bond acceptors (Lipinski definition) is 7. The lowest BCUT2D eigenvalue weighted by Crippen LogP contribution is -2.28. The van der Waals surface area contributed by atoms with Gasteiger partial charge in [0.05, 0.1) is 15.8 Å². The van der Waals surface area contributed by atoms with Crippen molar-refractivity contribution in [3.63, 3.8) is 0 Å². The molecule has 0 saturated carbocycles. The molecule has 6 nitrogen and oxygen atoms in total. The van der Waals surface area contributed by atoms with Gasteiger partial charge in [-0.05, 0) is 73.2 Å². The zero-order chi connectivity index (χ0) is 24.4. The Hall–Kier alpha value is -3.49. The first-order valence-corrected chi connectivity index (χ1v) is 13.0. The number of anilines is 1. The number of amides is 1. The molecule has 4 heterocycles. The number of aliphatic hydroxyl groups excluding tert-OH is 1. The van der Waals surface area contributed by atoms with Gasteiger partial charge in [0.2, 0.25) is 0 Å². The molecule has 0 spiro atoms. The van der Waals surface area contributed by atoms with E-state index in [1.54, 1.807) is 6.07 Å². The Morgan fingerprint density at radius 2 is 2.00 bits per heavy atom. The van der Waals surface area contributed by atoms with Crippen molar-refractivity contribution in [2.24, 2.45) is 0 Å². The highest BCUT2D eigenvalue weighted by Gasteiger charge is 2.48. The van der Waals surface area contributed by atoms with Crippen LogP contribution in [-0.4, -0.2) is 27.9 Å². The molecule has 8 heteroatoms. The van der Waals surface area contributed by atoms with Gasteiger partial charge in [0.15, 0.2) is 5.13 Å². The molecule has 1 N–H and O–H groups in total. The van der Waals surface area contributed by atoms with Crippen LogP contribution in [-0.2, 0) is 16.0 Å². The lowest BCUT2D eigenvalue weighted by Gasteiger charge is -2.21. The first kappa shape index (κ1) is 22.0. The standard InChI is InChI=1S/C27H22N2O4S2/c1-13-9-14(2)22-20(10-13)35-27(28-22)29-23(19-5-4-8-34-19)21(25(31)26(29)32)24(30)16-6-7-18-17(12-16)11-15(3)33-18/h4-10,12,15,23,30H,11H2,1-3H3/b24-21+/t15-,23-/m0/s1. The van der Waals surface area contributed by atoms with E-state index < -0.39 is 17.7 Å².